The Morgan fingerprint density at radius 3 is 2.29 bits per heavy atom. The van der Waals surface area contributed by atoms with Crippen molar-refractivity contribution in [3.05, 3.63) is 33.3 Å². The Hall–Kier alpha value is 1.48. The van der Waals surface area contributed by atoms with Gasteiger partial charge < -0.3 is 12.9 Å². The molecule has 1 rings (SSSR count). The van der Waals surface area contributed by atoms with Crippen molar-refractivity contribution in [2.24, 2.45) is 0 Å². The molecular formula is C7H5BBrClF3K. The number of halogens is 5. The molecule has 0 heterocycles. The molecule has 0 aliphatic heterocycles. The third-order valence-electron chi connectivity index (χ3n) is 1.47. The zero-order chi connectivity index (χ0) is 10.1. The summed E-state index contributed by atoms with van der Waals surface area (Å²) in [7, 11) is 0. The van der Waals surface area contributed by atoms with Crippen molar-refractivity contribution in [2.75, 3.05) is 0 Å². The van der Waals surface area contributed by atoms with Crippen molar-refractivity contribution in [3.63, 3.8) is 0 Å². The number of benzene rings is 1. The van der Waals surface area contributed by atoms with Crippen molar-refractivity contribution in [1.82, 2.24) is 0 Å². The summed E-state index contributed by atoms with van der Waals surface area (Å²) < 4.78 is 36.7. The average Bonchev–Trinajstić information content (AvgIpc) is 1.93. The van der Waals surface area contributed by atoms with Crippen LogP contribution in [0.1, 0.15) is 5.56 Å². The second-order valence-corrected chi connectivity index (χ2v) is 3.97. The molecule has 7 heteroatoms. The molecule has 0 N–H and O–H groups in total. The molecule has 0 atom stereocenters. The van der Waals surface area contributed by atoms with E-state index in [1.165, 1.54) is 12.1 Å². The molecule has 0 nitrogen and oxygen atoms in total. The van der Waals surface area contributed by atoms with Gasteiger partial charge in [-0.25, -0.2) is 0 Å². The van der Waals surface area contributed by atoms with Gasteiger partial charge in [-0.1, -0.05) is 45.5 Å². The predicted molar refractivity (Wildman–Crippen MR) is 51.9 cm³/mol. The second-order valence-electron chi connectivity index (χ2n) is 2.65. The molecule has 0 fully saturated rings. The van der Waals surface area contributed by atoms with Gasteiger partial charge in [0.15, 0.2) is 0 Å². The molecule has 1 aromatic rings. The van der Waals surface area contributed by atoms with E-state index in [4.69, 9.17) is 11.6 Å². The number of hydrogen-bond acceptors (Lipinski definition) is 0. The molecule has 0 bridgehead atoms. The third kappa shape index (κ3) is 5.53. The largest absolute Gasteiger partial charge is 1.00 e. The van der Waals surface area contributed by atoms with Crippen LogP contribution in [0.3, 0.4) is 0 Å². The first-order valence-electron chi connectivity index (χ1n) is 3.53. The van der Waals surface area contributed by atoms with Crippen molar-refractivity contribution in [1.29, 1.82) is 0 Å². The summed E-state index contributed by atoms with van der Waals surface area (Å²) in [6.45, 7) is -4.81. The van der Waals surface area contributed by atoms with Crippen LogP contribution in [-0.4, -0.2) is 6.98 Å². The normalized spacial score (nSPS) is 10.9. The predicted octanol–water partition coefficient (Wildman–Crippen LogP) is 1.04. The molecule has 0 unspecified atom stereocenters. The minimum atomic E-state index is -4.81. The molecule has 0 aliphatic carbocycles. The maximum atomic E-state index is 12.0. The Bertz CT molecular complexity index is 318. The summed E-state index contributed by atoms with van der Waals surface area (Å²) in [5.74, 6) is 0. The maximum absolute atomic E-state index is 12.0. The van der Waals surface area contributed by atoms with Crippen LogP contribution in [0.15, 0.2) is 22.7 Å². The van der Waals surface area contributed by atoms with Crippen LogP contribution in [0.25, 0.3) is 0 Å². The summed E-state index contributed by atoms with van der Waals surface area (Å²) in [4.78, 5) is 0. The molecular weight excluding hydrogens is 306 g/mol. The van der Waals surface area contributed by atoms with Gasteiger partial charge in [0.1, 0.15) is 0 Å². The first-order chi connectivity index (χ1) is 5.88. The van der Waals surface area contributed by atoms with Gasteiger partial charge in [-0.05, 0) is 12.1 Å². The maximum Gasteiger partial charge on any atom is 1.00 e. The summed E-state index contributed by atoms with van der Waals surface area (Å²) in [6.07, 6.45) is -0.924. The molecule has 0 amide bonds. The second kappa shape index (κ2) is 6.27. The van der Waals surface area contributed by atoms with Gasteiger partial charge in [-0.15, -0.1) is 0 Å². The molecule has 0 spiro atoms. The van der Waals surface area contributed by atoms with E-state index in [1.807, 2.05) is 0 Å². The van der Waals surface area contributed by atoms with E-state index in [1.54, 1.807) is 6.07 Å². The molecule has 1 aromatic carbocycles. The van der Waals surface area contributed by atoms with E-state index < -0.39 is 13.3 Å². The van der Waals surface area contributed by atoms with E-state index >= 15 is 0 Å². The standard InChI is InChI=1S/C7H5BBrClF3.K/c9-6-2-1-5(7(10)3-6)4-8(11,12)13;/h1-3H,4H2;/q-1;+1. The minimum absolute atomic E-state index is 0. The van der Waals surface area contributed by atoms with Gasteiger partial charge in [-0.2, -0.15) is 0 Å². The van der Waals surface area contributed by atoms with Crippen LogP contribution < -0.4 is 51.4 Å². The molecule has 0 aromatic heterocycles. The zero-order valence-corrected chi connectivity index (χ0v) is 12.9. The van der Waals surface area contributed by atoms with Gasteiger partial charge in [0.2, 0.25) is 0 Å². The van der Waals surface area contributed by atoms with Gasteiger partial charge in [0.05, 0.1) is 0 Å². The van der Waals surface area contributed by atoms with Crippen LogP contribution in [0.2, 0.25) is 5.02 Å². The first kappa shape index (κ1) is 15.5. The molecule has 0 radical (unpaired) electrons. The fourth-order valence-electron chi connectivity index (χ4n) is 0.937. The quantitative estimate of drug-likeness (QED) is 0.716. The fourth-order valence-corrected chi connectivity index (χ4v) is 1.69. The van der Waals surface area contributed by atoms with Crippen LogP contribution >= 0.6 is 27.5 Å². The Morgan fingerprint density at radius 1 is 1.29 bits per heavy atom. The van der Waals surface area contributed by atoms with E-state index in [2.05, 4.69) is 15.9 Å². The van der Waals surface area contributed by atoms with Crippen LogP contribution in [0, 0.1) is 0 Å². The number of rotatable bonds is 2. The Balaban J connectivity index is 0.00000169. The summed E-state index contributed by atoms with van der Waals surface area (Å²) in [6, 6.07) is 4.38. The Morgan fingerprint density at radius 2 is 1.86 bits per heavy atom. The Labute approximate surface area is 136 Å². The summed E-state index contributed by atoms with van der Waals surface area (Å²) in [5, 5.41) is 0.147. The zero-order valence-electron chi connectivity index (χ0n) is 7.41. The summed E-state index contributed by atoms with van der Waals surface area (Å²) in [5.41, 5.74) is 0.123. The molecule has 14 heavy (non-hydrogen) atoms. The van der Waals surface area contributed by atoms with E-state index in [9.17, 15) is 12.9 Å². The van der Waals surface area contributed by atoms with Crippen LogP contribution in [0.4, 0.5) is 12.9 Å². The summed E-state index contributed by atoms with van der Waals surface area (Å²) >= 11 is 8.73. The average molecular weight is 311 g/mol. The van der Waals surface area contributed by atoms with E-state index in [0.717, 1.165) is 0 Å². The first-order valence-corrected chi connectivity index (χ1v) is 4.70. The van der Waals surface area contributed by atoms with E-state index in [0.29, 0.717) is 4.47 Å². The van der Waals surface area contributed by atoms with E-state index in [-0.39, 0.29) is 62.0 Å². The van der Waals surface area contributed by atoms with Crippen molar-refractivity contribution < 1.29 is 64.3 Å². The molecule has 0 saturated heterocycles. The molecule has 72 valence electrons. The third-order valence-corrected chi connectivity index (χ3v) is 2.31. The fraction of sp³-hybridized carbons (Fsp3) is 0.143. The SMILES string of the molecule is F[B-](F)(F)Cc1ccc(Br)cc1Cl.[K+]. The van der Waals surface area contributed by atoms with Crippen molar-refractivity contribution >= 4 is 34.5 Å². The number of hydrogen-bond donors (Lipinski definition) is 0. The van der Waals surface area contributed by atoms with Crippen molar-refractivity contribution in [3.8, 4) is 0 Å². The monoisotopic (exact) mass is 310 g/mol. The topological polar surface area (TPSA) is 0 Å². The minimum Gasteiger partial charge on any atom is -0.449 e. The van der Waals surface area contributed by atoms with Crippen LogP contribution in [-0.2, 0) is 6.32 Å². The van der Waals surface area contributed by atoms with Gasteiger partial charge >= 0.3 is 58.4 Å². The van der Waals surface area contributed by atoms with Crippen molar-refractivity contribution in [2.45, 2.75) is 6.32 Å². The van der Waals surface area contributed by atoms with Gasteiger partial charge in [0.25, 0.3) is 0 Å². The van der Waals surface area contributed by atoms with Crippen LogP contribution in [0.5, 0.6) is 0 Å². The molecule has 0 aliphatic rings. The van der Waals surface area contributed by atoms with Gasteiger partial charge in [-0.3, -0.25) is 0 Å². The van der Waals surface area contributed by atoms with Gasteiger partial charge in [0, 0.05) is 9.50 Å². The smallest absolute Gasteiger partial charge is 0.449 e. The molecule has 0 saturated carbocycles. The Kier molecular flexibility index (Phi) is 6.94.